The van der Waals surface area contributed by atoms with E-state index in [2.05, 4.69) is 5.32 Å². The van der Waals surface area contributed by atoms with E-state index in [0.29, 0.717) is 6.42 Å². The highest BCUT2D eigenvalue weighted by atomic mass is 28.4. The van der Waals surface area contributed by atoms with Crippen molar-refractivity contribution in [3.8, 4) is 0 Å². The van der Waals surface area contributed by atoms with Crippen molar-refractivity contribution in [2.24, 2.45) is 5.92 Å². The largest absolute Gasteiger partial charge is 0.480 e. The first kappa shape index (κ1) is 23.1. The highest BCUT2D eigenvalue weighted by Crippen LogP contribution is 2.14. The minimum Gasteiger partial charge on any atom is -0.480 e. The standard InChI is InChI=1S/C18H37NO4Si/c1-15(2)17(18(21)22)19-16(20)13-11-9-7-5-6-8-10-12-14-24(3,4)23/h15,17,23H,5-14H2,1-4H3,(H,19,20)(H,21,22). The molecule has 1 unspecified atom stereocenters. The van der Waals surface area contributed by atoms with Gasteiger partial charge in [-0.15, -0.1) is 0 Å². The van der Waals surface area contributed by atoms with Gasteiger partial charge in [-0.25, -0.2) is 4.79 Å². The maximum atomic E-state index is 11.8. The summed E-state index contributed by atoms with van der Waals surface area (Å²) in [6.07, 6.45) is 9.33. The molecule has 0 fully saturated rings. The fourth-order valence-corrected chi connectivity index (χ4v) is 3.78. The Morgan fingerprint density at radius 1 is 0.917 bits per heavy atom. The van der Waals surface area contributed by atoms with Crippen molar-refractivity contribution >= 4 is 20.2 Å². The average molecular weight is 360 g/mol. The van der Waals surface area contributed by atoms with Gasteiger partial charge < -0.3 is 15.2 Å². The molecule has 3 N–H and O–H groups in total. The van der Waals surface area contributed by atoms with E-state index in [9.17, 15) is 14.4 Å². The highest BCUT2D eigenvalue weighted by Gasteiger charge is 2.22. The Morgan fingerprint density at radius 2 is 1.38 bits per heavy atom. The molecule has 0 aromatic rings. The lowest BCUT2D eigenvalue weighted by atomic mass is 10.0. The molecule has 0 aromatic heterocycles. The van der Waals surface area contributed by atoms with Crippen molar-refractivity contribution in [3.05, 3.63) is 0 Å². The number of nitrogens with one attached hydrogen (secondary N) is 1. The summed E-state index contributed by atoms with van der Waals surface area (Å²) in [5.41, 5.74) is 0. The minimum absolute atomic E-state index is 0.106. The summed E-state index contributed by atoms with van der Waals surface area (Å²) in [6, 6.07) is 0.208. The Morgan fingerprint density at radius 3 is 1.79 bits per heavy atom. The Balaban J connectivity index is 3.53. The third-order valence-electron chi connectivity index (χ3n) is 4.19. The third kappa shape index (κ3) is 13.5. The number of carbonyl (C=O) groups is 2. The molecule has 0 aromatic carbocycles. The fourth-order valence-electron chi connectivity index (χ4n) is 2.66. The van der Waals surface area contributed by atoms with Crippen LogP contribution in [0.4, 0.5) is 0 Å². The Bertz CT molecular complexity index is 367. The van der Waals surface area contributed by atoms with E-state index < -0.39 is 20.3 Å². The zero-order valence-corrected chi connectivity index (χ0v) is 16.9. The van der Waals surface area contributed by atoms with Crippen LogP contribution in [0.25, 0.3) is 0 Å². The lowest BCUT2D eigenvalue weighted by Crippen LogP contribution is -2.44. The number of carboxylic acid groups (broad SMARTS) is 1. The topological polar surface area (TPSA) is 86.6 Å². The molecule has 142 valence electrons. The quantitative estimate of drug-likeness (QED) is 0.324. The number of amides is 1. The van der Waals surface area contributed by atoms with Crippen molar-refractivity contribution in [2.75, 3.05) is 0 Å². The summed E-state index contributed by atoms with van der Waals surface area (Å²) in [7, 11) is -1.85. The van der Waals surface area contributed by atoms with Crippen LogP contribution in [0, 0.1) is 5.92 Å². The van der Waals surface area contributed by atoms with Crippen molar-refractivity contribution < 1.29 is 19.5 Å². The maximum absolute atomic E-state index is 11.8. The number of carbonyl (C=O) groups excluding carboxylic acids is 1. The van der Waals surface area contributed by atoms with Gasteiger partial charge in [0.25, 0.3) is 0 Å². The second-order valence-electron chi connectivity index (χ2n) is 7.77. The molecular formula is C18H37NO4Si. The van der Waals surface area contributed by atoms with E-state index in [-0.39, 0.29) is 11.8 Å². The Hall–Kier alpha value is -0.883. The first-order valence-electron chi connectivity index (χ1n) is 9.38. The summed E-state index contributed by atoms with van der Waals surface area (Å²) in [5.74, 6) is -1.23. The van der Waals surface area contributed by atoms with Crippen molar-refractivity contribution in [2.45, 2.75) is 96.8 Å². The molecule has 0 spiro atoms. The molecule has 0 heterocycles. The molecule has 1 atom stereocenters. The summed E-state index contributed by atoms with van der Waals surface area (Å²) in [4.78, 5) is 32.5. The molecule has 0 aliphatic heterocycles. The van der Waals surface area contributed by atoms with E-state index in [1.165, 1.54) is 25.7 Å². The molecule has 0 rings (SSSR count). The van der Waals surface area contributed by atoms with Crippen LogP contribution in [-0.2, 0) is 9.59 Å². The smallest absolute Gasteiger partial charge is 0.326 e. The molecule has 0 aliphatic carbocycles. The number of rotatable bonds is 14. The van der Waals surface area contributed by atoms with Gasteiger partial charge in [0.2, 0.25) is 5.91 Å². The average Bonchev–Trinajstić information content (AvgIpc) is 2.44. The maximum Gasteiger partial charge on any atom is 0.326 e. The van der Waals surface area contributed by atoms with Crippen LogP contribution in [0.3, 0.4) is 0 Å². The summed E-state index contributed by atoms with van der Waals surface area (Å²) < 4.78 is 0. The summed E-state index contributed by atoms with van der Waals surface area (Å²) in [5, 5.41) is 11.6. The summed E-state index contributed by atoms with van der Waals surface area (Å²) in [6.45, 7) is 7.57. The Kier molecular flexibility index (Phi) is 12.0. The van der Waals surface area contributed by atoms with Gasteiger partial charge >= 0.3 is 5.97 Å². The normalized spacial score (nSPS) is 13.1. The van der Waals surface area contributed by atoms with Gasteiger partial charge in [0.15, 0.2) is 8.32 Å². The van der Waals surface area contributed by atoms with Gasteiger partial charge in [-0.05, 0) is 31.5 Å². The van der Waals surface area contributed by atoms with Gasteiger partial charge in [0.1, 0.15) is 6.04 Å². The minimum atomic E-state index is -1.85. The van der Waals surface area contributed by atoms with Gasteiger partial charge in [-0.1, -0.05) is 58.8 Å². The number of unbranched alkanes of at least 4 members (excludes halogenated alkanes) is 7. The third-order valence-corrected chi connectivity index (χ3v) is 5.77. The van der Waals surface area contributed by atoms with E-state index in [1.54, 1.807) is 13.8 Å². The zero-order chi connectivity index (χ0) is 18.6. The monoisotopic (exact) mass is 359 g/mol. The van der Waals surface area contributed by atoms with Crippen LogP contribution < -0.4 is 5.32 Å². The second-order valence-corrected chi connectivity index (χ2v) is 11.9. The molecule has 6 heteroatoms. The molecule has 0 aliphatic rings. The zero-order valence-electron chi connectivity index (χ0n) is 15.9. The number of aliphatic carboxylic acids is 1. The van der Waals surface area contributed by atoms with Crippen LogP contribution >= 0.6 is 0 Å². The first-order valence-corrected chi connectivity index (χ1v) is 12.5. The van der Waals surface area contributed by atoms with E-state index in [1.807, 2.05) is 13.1 Å². The molecule has 0 bridgehead atoms. The van der Waals surface area contributed by atoms with Crippen LogP contribution in [-0.4, -0.2) is 36.1 Å². The van der Waals surface area contributed by atoms with Crippen molar-refractivity contribution in [3.63, 3.8) is 0 Å². The molecular weight excluding hydrogens is 322 g/mol. The highest BCUT2D eigenvalue weighted by molar-refractivity contribution is 6.69. The number of carboxylic acids is 1. The second kappa shape index (κ2) is 12.5. The molecule has 0 saturated heterocycles. The van der Waals surface area contributed by atoms with Crippen molar-refractivity contribution in [1.29, 1.82) is 0 Å². The van der Waals surface area contributed by atoms with Crippen molar-refractivity contribution in [1.82, 2.24) is 5.32 Å². The Labute approximate surface area is 148 Å². The van der Waals surface area contributed by atoms with E-state index >= 15 is 0 Å². The lowest BCUT2D eigenvalue weighted by Gasteiger charge is -2.17. The fraction of sp³-hybridized carbons (Fsp3) is 0.889. The van der Waals surface area contributed by atoms with Crippen LogP contribution in [0.2, 0.25) is 19.1 Å². The molecule has 24 heavy (non-hydrogen) atoms. The van der Waals surface area contributed by atoms with Gasteiger partial charge in [0.05, 0.1) is 0 Å². The van der Waals surface area contributed by atoms with Crippen LogP contribution in [0.15, 0.2) is 0 Å². The first-order chi connectivity index (χ1) is 11.1. The predicted molar refractivity (Wildman–Crippen MR) is 100 cm³/mol. The van der Waals surface area contributed by atoms with Gasteiger partial charge in [0, 0.05) is 6.42 Å². The van der Waals surface area contributed by atoms with Crippen LogP contribution in [0.1, 0.15) is 71.6 Å². The molecule has 0 saturated carbocycles. The molecule has 0 radical (unpaired) electrons. The lowest BCUT2D eigenvalue weighted by molar-refractivity contribution is -0.143. The van der Waals surface area contributed by atoms with E-state index in [0.717, 1.165) is 31.7 Å². The van der Waals surface area contributed by atoms with Crippen LogP contribution in [0.5, 0.6) is 0 Å². The molecule has 5 nitrogen and oxygen atoms in total. The van der Waals surface area contributed by atoms with Gasteiger partial charge in [-0.2, -0.15) is 0 Å². The van der Waals surface area contributed by atoms with Gasteiger partial charge in [-0.3, -0.25) is 4.79 Å². The van der Waals surface area contributed by atoms with E-state index in [4.69, 9.17) is 5.11 Å². The number of hydrogen-bond acceptors (Lipinski definition) is 3. The SMILES string of the molecule is CC(C)C(NC(=O)CCCCCCCCCC[Si](C)(C)O)C(=O)O. The predicted octanol–water partition coefficient (Wildman–Crippen LogP) is 3.92. The molecule has 1 amide bonds. The summed E-state index contributed by atoms with van der Waals surface area (Å²) >= 11 is 0. The number of hydrogen-bond donors (Lipinski definition) is 3.